The third-order valence-electron chi connectivity index (χ3n) is 12.2. The molecule has 4 aromatic rings. The number of allylic oxidation sites excluding steroid dienone is 2. The number of aromatic nitrogens is 3. The van der Waals surface area contributed by atoms with Crippen molar-refractivity contribution in [1.82, 2.24) is 28.5 Å². The van der Waals surface area contributed by atoms with E-state index in [1.165, 1.54) is 19.0 Å². The van der Waals surface area contributed by atoms with Gasteiger partial charge in [-0.3, -0.25) is 23.7 Å². The first kappa shape index (κ1) is 46.1. The predicted octanol–water partition coefficient (Wildman–Crippen LogP) is 7.82. The molecule has 1 saturated heterocycles. The Morgan fingerprint density at radius 1 is 1.03 bits per heavy atom. The van der Waals surface area contributed by atoms with Crippen molar-refractivity contribution in [2.24, 2.45) is 17.3 Å². The molecule has 14 nitrogen and oxygen atoms in total. The van der Waals surface area contributed by atoms with Crippen molar-refractivity contribution in [2.45, 2.75) is 123 Å². The van der Waals surface area contributed by atoms with Gasteiger partial charge in [0, 0.05) is 54.9 Å². The van der Waals surface area contributed by atoms with E-state index in [4.69, 9.17) is 19.4 Å². The molecule has 2 aromatic carbocycles. The van der Waals surface area contributed by atoms with E-state index in [0.29, 0.717) is 24.4 Å². The number of nitrogens with one attached hydrogen (secondary N) is 1. The van der Waals surface area contributed by atoms with Crippen LogP contribution in [0.5, 0.6) is 6.01 Å². The number of aryl methyl sites for hydroxylation is 1. The van der Waals surface area contributed by atoms with Crippen molar-refractivity contribution >= 4 is 56.1 Å². The highest BCUT2D eigenvalue weighted by molar-refractivity contribution is 7.87. The minimum absolute atomic E-state index is 0.0395. The van der Waals surface area contributed by atoms with Gasteiger partial charge >= 0.3 is 16.2 Å². The second kappa shape index (κ2) is 18.3. The number of Topliss-reactive ketones (excluding diaryl/α,β-unsaturated/α-hetero) is 1. The molecule has 7 rings (SSSR count). The van der Waals surface area contributed by atoms with Gasteiger partial charge in [-0.1, -0.05) is 61.4 Å². The summed E-state index contributed by atoms with van der Waals surface area (Å²) < 4.78 is 43.3. The number of hydrogen-bond acceptors (Lipinski definition) is 11. The second-order valence-corrected chi connectivity index (χ2v) is 21.8. The lowest BCUT2D eigenvalue weighted by atomic mass is 9.90. The fourth-order valence-electron chi connectivity index (χ4n) is 8.90. The summed E-state index contributed by atoms with van der Waals surface area (Å²) in [5.74, 6) is -3.08. The van der Waals surface area contributed by atoms with E-state index in [9.17, 15) is 27.6 Å². The quantitative estimate of drug-likeness (QED) is 0.122. The van der Waals surface area contributed by atoms with Gasteiger partial charge in [0.1, 0.15) is 22.2 Å². The lowest BCUT2D eigenvalue weighted by Gasteiger charge is -2.29. The molecule has 2 amide bonds. The van der Waals surface area contributed by atoms with Crippen LogP contribution in [0.25, 0.3) is 32.9 Å². The molecule has 0 spiro atoms. The molecule has 4 heterocycles. The summed E-state index contributed by atoms with van der Waals surface area (Å²) in [5.41, 5.74) is 2.29. The smallest absolute Gasteiger partial charge is 0.307 e. The highest BCUT2D eigenvalue weighted by Gasteiger charge is 2.61. The number of carbonyl (C=O) groups is 4. The molecule has 1 aliphatic carbocycles. The first-order valence-electron chi connectivity index (χ1n) is 21.9. The third-order valence-corrected chi connectivity index (χ3v) is 14.6. The van der Waals surface area contributed by atoms with Crippen molar-refractivity contribution in [3.63, 3.8) is 0 Å². The average molecular weight is 901 g/mol. The maximum Gasteiger partial charge on any atom is 0.307 e. The molecule has 2 aliphatic heterocycles. The van der Waals surface area contributed by atoms with Crippen LogP contribution in [-0.2, 0) is 34.1 Å². The first-order chi connectivity index (χ1) is 29.8. The summed E-state index contributed by atoms with van der Waals surface area (Å²) in [6, 6.07) is 15.3. The Bertz CT molecular complexity index is 2510. The number of carbonyl (C=O) groups excluding carboxylic acids is 4. The number of nitrogens with zero attached hydrogens (tertiary/aromatic N) is 5. The fourth-order valence-corrected chi connectivity index (χ4v) is 10.5. The van der Waals surface area contributed by atoms with Crippen LogP contribution >= 0.6 is 11.3 Å². The van der Waals surface area contributed by atoms with Crippen LogP contribution < -0.4 is 9.46 Å². The Balaban J connectivity index is 1.24. The highest BCUT2D eigenvalue weighted by Crippen LogP contribution is 2.57. The van der Waals surface area contributed by atoms with Gasteiger partial charge in [-0.2, -0.15) is 17.7 Å². The number of hydrogen-bond donors (Lipinski definition) is 1. The lowest BCUT2D eigenvalue weighted by molar-refractivity contribution is -0.159. The van der Waals surface area contributed by atoms with Crippen molar-refractivity contribution in [3.05, 3.63) is 65.6 Å². The molecular weight excluding hydrogens is 841 g/mol. The largest absolute Gasteiger partial charge is 0.460 e. The zero-order valence-electron chi connectivity index (χ0n) is 37.5. The highest BCUT2D eigenvalue weighted by atomic mass is 32.2. The van der Waals surface area contributed by atoms with Crippen LogP contribution in [0.4, 0.5) is 0 Å². The summed E-state index contributed by atoms with van der Waals surface area (Å²) in [5, 5.41) is 0.820. The Morgan fingerprint density at radius 3 is 2.48 bits per heavy atom. The number of benzene rings is 2. The molecule has 3 aliphatic rings. The summed E-state index contributed by atoms with van der Waals surface area (Å²) in [6.07, 6.45) is 6.66. The standard InChI is InChI=1S/C47H60N6O8S2/c1-29(2)53-36-23-17-22-35(42-48-40(30(3)62-42)31-18-14-12-15-19-31)41(36)49-45(53)60-34-25-37-38(54)27-47(44(57)50-63(58,59)51(7)8)26-33(47)21-16-11-9-10-13-20-32(43(56)52(37)28-34)24-39(55)61-46(4,5)6/h12,14-19,21-23,29,32-34,37H,9-11,13,20,24-28H2,1-8H3,(H,50,57)/b21-16-/t32-,33-,34-,37+,47-/m1/s1. The molecule has 16 heteroatoms. The third kappa shape index (κ3) is 10.1. The van der Waals surface area contributed by atoms with E-state index in [1.54, 1.807) is 32.1 Å². The molecule has 5 atom stereocenters. The van der Waals surface area contributed by atoms with E-state index < -0.39 is 51.2 Å². The van der Waals surface area contributed by atoms with Crippen molar-refractivity contribution in [2.75, 3.05) is 20.6 Å². The van der Waals surface area contributed by atoms with Crippen LogP contribution in [0.15, 0.2) is 60.7 Å². The van der Waals surface area contributed by atoms with Gasteiger partial charge in [0.05, 0.1) is 35.6 Å². The van der Waals surface area contributed by atoms with E-state index >= 15 is 0 Å². The Morgan fingerprint density at radius 2 is 1.78 bits per heavy atom. The molecule has 0 radical (unpaired) electrons. The number of thiazole rings is 1. The van der Waals surface area contributed by atoms with E-state index in [1.807, 2.05) is 79.1 Å². The van der Waals surface area contributed by atoms with Gasteiger partial charge in [-0.15, -0.1) is 11.3 Å². The molecular formula is C47H60N6O8S2. The maximum absolute atomic E-state index is 14.8. The monoisotopic (exact) mass is 900 g/mol. The topological polar surface area (TPSA) is 170 Å². The van der Waals surface area contributed by atoms with Crippen LogP contribution in [0.2, 0.25) is 0 Å². The normalized spacial score (nSPS) is 24.1. The number of amides is 2. The first-order valence-corrected chi connectivity index (χ1v) is 24.2. The van der Waals surface area contributed by atoms with E-state index in [2.05, 4.69) is 11.6 Å². The summed E-state index contributed by atoms with van der Waals surface area (Å²) in [7, 11) is -1.49. The van der Waals surface area contributed by atoms with Gasteiger partial charge in [-0.05, 0) is 85.3 Å². The summed E-state index contributed by atoms with van der Waals surface area (Å²) >= 11 is 1.59. The lowest BCUT2D eigenvalue weighted by Crippen LogP contribution is -2.47. The van der Waals surface area contributed by atoms with E-state index in [-0.39, 0.29) is 55.9 Å². The number of ether oxygens (including phenoxy) is 2. The van der Waals surface area contributed by atoms with Gasteiger partial charge in [-0.25, -0.2) is 9.71 Å². The molecule has 0 bridgehead atoms. The number of ketones is 1. The van der Waals surface area contributed by atoms with Crippen molar-refractivity contribution in [3.8, 4) is 27.8 Å². The van der Waals surface area contributed by atoms with Gasteiger partial charge < -0.3 is 14.4 Å². The van der Waals surface area contributed by atoms with Gasteiger partial charge in [0.2, 0.25) is 11.8 Å². The van der Waals surface area contributed by atoms with Crippen LogP contribution in [0.1, 0.15) is 103 Å². The minimum atomic E-state index is -4.14. The number of esters is 1. The number of para-hydroxylation sites is 1. The Labute approximate surface area is 374 Å². The average Bonchev–Trinajstić information content (AvgIpc) is 3.48. The zero-order chi connectivity index (χ0) is 45.4. The number of rotatable bonds is 10. The molecule has 2 fully saturated rings. The molecule has 2 aromatic heterocycles. The zero-order valence-corrected chi connectivity index (χ0v) is 39.2. The Kier molecular flexibility index (Phi) is 13.4. The minimum Gasteiger partial charge on any atom is -0.460 e. The van der Waals surface area contributed by atoms with Gasteiger partial charge in [0.15, 0.2) is 5.78 Å². The van der Waals surface area contributed by atoms with Crippen LogP contribution in [-0.4, -0.2) is 94.1 Å². The van der Waals surface area contributed by atoms with Crippen molar-refractivity contribution < 1.29 is 37.1 Å². The van der Waals surface area contributed by atoms with Crippen LogP contribution in [0.3, 0.4) is 0 Å². The SMILES string of the molecule is Cc1sc(-c2cccc3c2nc(O[C@@H]2C[C@H]4C(=O)C[C@]5(C(=O)NS(=O)(=O)N(C)C)C[C@H]5/C=C\CCCCC[C@H](CC(=O)OC(C)(C)C)C(=O)N4C2)n3C(C)C)nc1-c1ccccc1. The Hall–Kier alpha value is -4.93. The second-order valence-electron chi connectivity index (χ2n) is 18.7. The summed E-state index contributed by atoms with van der Waals surface area (Å²) in [6.45, 7) is 11.5. The molecule has 338 valence electrons. The molecule has 1 saturated carbocycles. The summed E-state index contributed by atoms with van der Waals surface area (Å²) in [4.78, 5) is 69.5. The van der Waals surface area contributed by atoms with E-state index in [0.717, 1.165) is 55.8 Å². The molecule has 63 heavy (non-hydrogen) atoms. The predicted molar refractivity (Wildman–Crippen MR) is 243 cm³/mol. The van der Waals surface area contributed by atoms with Gasteiger partial charge in [0.25, 0.3) is 6.01 Å². The molecule has 1 N–H and O–H groups in total. The van der Waals surface area contributed by atoms with Crippen molar-refractivity contribution in [1.29, 1.82) is 0 Å². The fraction of sp³-hybridized carbons (Fsp3) is 0.532. The van der Waals surface area contributed by atoms with Crippen LogP contribution in [0, 0.1) is 24.2 Å². The number of imidazole rings is 1. The molecule has 0 unspecified atom stereocenters. The maximum atomic E-state index is 14.8. The number of fused-ring (bicyclic) bond motifs is 3.